The molecule has 0 aliphatic rings. The van der Waals surface area contributed by atoms with Gasteiger partial charge in [-0.15, -0.1) is 0 Å². The maximum Gasteiger partial charge on any atom is 0.241 e. The van der Waals surface area contributed by atoms with Crippen molar-refractivity contribution in [1.29, 1.82) is 0 Å². The van der Waals surface area contributed by atoms with Crippen molar-refractivity contribution in [2.45, 2.75) is 25.8 Å². The van der Waals surface area contributed by atoms with E-state index in [0.29, 0.717) is 12.1 Å². The first-order valence-electron chi connectivity index (χ1n) is 5.74. The van der Waals surface area contributed by atoms with Crippen molar-refractivity contribution in [3.63, 3.8) is 0 Å². The van der Waals surface area contributed by atoms with E-state index >= 15 is 0 Å². The van der Waals surface area contributed by atoms with Crippen LogP contribution in [0.15, 0.2) is 18.3 Å². The Labute approximate surface area is 102 Å². The van der Waals surface area contributed by atoms with Gasteiger partial charge in [-0.05, 0) is 18.6 Å². The van der Waals surface area contributed by atoms with E-state index in [1.54, 1.807) is 6.20 Å². The summed E-state index contributed by atoms with van der Waals surface area (Å²) in [4.78, 5) is 17.8. The number of carbonyl (C=O) groups is 1. The molecule has 5 heteroatoms. The fourth-order valence-electron chi connectivity index (χ4n) is 1.40. The summed E-state index contributed by atoms with van der Waals surface area (Å²) in [5, 5.41) is 2.75. The second-order valence-electron chi connectivity index (χ2n) is 4.18. The standard InChI is InChI=1S/C12H20N4O/c1-4-5-10(13)12(17)15-9-6-7-11(14-8-9)16(2)3/h6-8,10H,4-5,13H2,1-3H3,(H,15,17). The molecule has 0 fully saturated rings. The average Bonchev–Trinajstić information content (AvgIpc) is 2.30. The molecule has 0 aromatic carbocycles. The molecule has 0 saturated carbocycles. The molecule has 0 spiro atoms. The minimum absolute atomic E-state index is 0.161. The van der Waals surface area contributed by atoms with Gasteiger partial charge in [0.2, 0.25) is 5.91 Å². The van der Waals surface area contributed by atoms with Crippen LogP contribution in [0.1, 0.15) is 19.8 Å². The number of hydrogen-bond acceptors (Lipinski definition) is 4. The Morgan fingerprint density at radius 1 is 1.53 bits per heavy atom. The molecule has 1 amide bonds. The summed E-state index contributed by atoms with van der Waals surface area (Å²) in [6, 6.07) is 3.22. The summed E-state index contributed by atoms with van der Waals surface area (Å²) >= 11 is 0. The summed E-state index contributed by atoms with van der Waals surface area (Å²) < 4.78 is 0. The van der Waals surface area contributed by atoms with Crippen LogP contribution in [0.3, 0.4) is 0 Å². The third-order valence-corrected chi connectivity index (χ3v) is 2.41. The van der Waals surface area contributed by atoms with Crippen LogP contribution >= 0.6 is 0 Å². The number of nitrogens with two attached hydrogens (primary N) is 1. The number of carbonyl (C=O) groups excluding carboxylic acids is 1. The molecule has 17 heavy (non-hydrogen) atoms. The van der Waals surface area contributed by atoms with Crippen LogP contribution in [0.25, 0.3) is 0 Å². The first-order valence-corrected chi connectivity index (χ1v) is 5.74. The summed E-state index contributed by atoms with van der Waals surface area (Å²) in [6.45, 7) is 2.00. The number of anilines is 2. The highest BCUT2D eigenvalue weighted by Crippen LogP contribution is 2.12. The van der Waals surface area contributed by atoms with Gasteiger partial charge < -0.3 is 16.0 Å². The van der Waals surface area contributed by atoms with Gasteiger partial charge in [0.25, 0.3) is 0 Å². The van der Waals surface area contributed by atoms with Gasteiger partial charge in [-0.1, -0.05) is 13.3 Å². The van der Waals surface area contributed by atoms with Gasteiger partial charge in [0.05, 0.1) is 17.9 Å². The third-order valence-electron chi connectivity index (χ3n) is 2.41. The number of rotatable bonds is 5. The Kier molecular flexibility index (Phi) is 4.90. The number of amides is 1. The van der Waals surface area contributed by atoms with Crippen LogP contribution in [-0.4, -0.2) is 31.0 Å². The molecule has 1 unspecified atom stereocenters. The quantitative estimate of drug-likeness (QED) is 0.806. The van der Waals surface area contributed by atoms with E-state index < -0.39 is 6.04 Å². The van der Waals surface area contributed by atoms with Crippen LogP contribution in [0, 0.1) is 0 Å². The second-order valence-corrected chi connectivity index (χ2v) is 4.18. The molecule has 0 radical (unpaired) electrons. The molecule has 1 rings (SSSR count). The molecule has 1 atom stereocenters. The van der Waals surface area contributed by atoms with Crippen LogP contribution in [-0.2, 0) is 4.79 Å². The zero-order valence-electron chi connectivity index (χ0n) is 10.6. The summed E-state index contributed by atoms with van der Waals surface area (Å²) in [7, 11) is 3.83. The molecule has 5 nitrogen and oxygen atoms in total. The second kappa shape index (κ2) is 6.20. The van der Waals surface area contributed by atoms with Crippen LogP contribution in [0.5, 0.6) is 0 Å². The number of pyridine rings is 1. The maximum atomic E-state index is 11.6. The van der Waals surface area contributed by atoms with Crippen molar-refractivity contribution >= 4 is 17.4 Å². The number of hydrogen-bond donors (Lipinski definition) is 2. The Morgan fingerprint density at radius 2 is 2.24 bits per heavy atom. The predicted molar refractivity (Wildman–Crippen MR) is 70.1 cm³/mol. The van der Waals surface area contributed by atoms with Crippen LogP contribution < -0.4 is 16.0 Å². The van der Waals surface area contributed by atoms with E-state index in [4.69, 9.17) is 5.73 Å². The normalized spacial score (nSPS) is 12.0. The Balaban J connectivity index is 2.60. The van der Waals surface area contributed by atoms with E-state index in [1.165, 1.54) is 0 Å². The lowest BCUT2D eigenvalue weighted by molar-refractivity contribution is -0.117. The van der Waals surface area contributed by atoms with Crippen molar-refractivity contribution < 1.29 is 4.79 Å². The molecule has 0 bridgehead atoms. The third kappa shape index (κ3) is 4.03. The fraction of sp³-hybridized carbons (Fsp3) is 0.500. The highest BCUT2D eigenvalue weighted by atomic mass is 16.2. The molecular formula is C12H20N4O. The molecule has 0 aliphatic heterocycles. The highest BCUT2D eigenvalue weighted by Gasteiger charge is 2.12. The smallest absolute Gasteiger partial charge is 0.241 e. The van der Waals surface area contributed by atoms with Crippen molar-refractivity contribution in [1.82, 2.24) is 4.98 Å². The van der Waals surface area contributed by atoms with E-state index in [9.17, 15) is 4.79 Å². The van der Waals surface area contributed by atoms with E-state index in [2.05, 4.69) is 10.3 Å². The Bertz CT molecular complexity index is 361. The van der Waals surface area contributed by atoms with Crippen molar-refractivity contribution in [3.05, 3.63) is 18.3 Å². The summed E-state index contributed by atoms with van der Waals surface area (Å²) in [5.74, 6) is 0.687. The topological polar surface area (TPSA) is 71.2 Å². The van der Waals surface area contributed by atoms with Gasteiger partial charge >= 0.3 is 0 Å². The predicted octanol–water partition coefficient (Wildman–Crippen LogP) is 1.21. The number of nitrogens with one attached hydrogen (secondary N) is 1. The first-order chi connectivity index (χ1) is 8.04. The Morgan fingerprint density at radius 3 is 2.71 bits per heavy atom. The number of nitrogens with zero attached hydrogens (tertiary/aromatic N) is 2. The SMILES string of the molecule is CCCC(N)C(=O)Nc1ccc(N(C)C)nc1. The van der Waals surface area contributed by atoms with Gasteiger partial charge in [-0.3, -0.25) is 4.79 Å². The molecule has 1 aromatic heterocycles. The van der Waals surface area contributed by atoms with E-state index in [1.807, 2.05) is 38.1 Å². The minimum atomic E-state index is -0.450. The zero-order valence-corrected chi connectivity index (χ0v) is 10.6. The summed E-state index contributed by atoms with van der Waals surface area (Å²) in [6.07, 6.45) is 3.22. The maximum absolute atomic E-state index is 11.6. The molecular weight excluding hydrogens is 216 g/mol. The monoisotopic (exact) mass is 236 g/mol. The minimum Gasteiger partial charge on any atom is -0.363 e. The van der Waals surface area contributed by atoms with Gasteiger partial charge in [0.15, 0.2) is 0 Å². The molecule has 1 aromatic rings. The van der Waals surface area contributed by atoms with Gasteiger partial charge in [0, 0.05) is 14.1 Å². The lowest BCUT2D eigenvalue weighted by Gasteiger charge is -2.13. The molecule has 94 valence electrons. The van der Waals surface area contributed by atoms with Gasteiger partial charge in [-0.25, -0.2) is 4.98 Å². The molecule has 0 saturated heterocycles. The van der Waals surface area contributed by atoms with Crippen molar-refractivity contribution in [2.24, 2.45) is 5.73 Å². The molecule has 3 N–H and O–H groups in total. The lowest BCUT2D eigenvalue weighted by atomic mass is 10.1. The Hall–Kier alpha value is -1.62. The van der Waals surface area contributed by atoms with E-state index in [0.717, 1.165) is 12.2 Å². The molecule has 1 heterocycles. The van der Waals surface area contributed by atoms with Gasteiger partial charge in [0.1, 0.15) is 5.82 Å². The lowest BCUT2D eigenvalue weighted by Crippen LogP contribution is -2.35. The largest absolute Gasteiger partial charge is 0.363 e. The zero-order chi connectivity index (χ0) is 12.8. The highest BCUT2D eigenvalue weighted by molar-refractivity contribution is 5.94. The summed E-state index contributed by atoms with van der Waals surface area (Å²) in [5.41, 5.74) is 6.39. The number of aromatic nitrogens is 1. The van der Waals surface area contributed by atoms with Crippen LogP contribution in [0.4, 0.5) is 11.5 Å². The van der Waals surface area contributed by atoms with Crippen LogP contribution in [0.2, 0.25) is 0 Å². The van der Waals surface area contributed by atoms with Crippen molar-refractivity contribution in [2.75, 3.05) is 24.3 Å². The first kappa shape index (κ1) is 13.4. The van der Waals surface area contributed by atoms with Gasteiger partial charge in [-0.2, -0.15) is 0 Å². The fourth-order valence-corrected chi connectivity index (χ4v) is 1.40. The van der Waals surface area contributed by atoms with E-state index in [-0.39, 0.29) is 5.91 Å². The molecule has 0 aliphatic carbocycles. The average molecular weight is 236 g/mol. The van der Waals surface area contributed by atoms with Crippen molar-refractivity contribution in [3.8, 4) is 0 Å².